The number of alkyl halides is 3. The first-order chi connectivity index (χ1) is 10.2. The van der Waals surface area contributed by atoms with Crippen LogP contribution in [0.4, 0.5) is 20.9 Å². The highest BCUT2D eigenvalue weighted by atomic mass is 79.9. The Hall–Kier alpha value is -1.28. The molecule has 0 atom stereocenters. The van der Waals surface area contributed by atoms with Crippen LogP contribution < -0.4 is 4.74 Å². The van der Waals surface area contributed by atoms with E-state index in [2.05, 4.69) is 15.9 Å². The Morgan fingerprint density at radius 3 is 1.95 bits per heavy atom. The lowest BCUT2D eigenvalue weighted by Crippen LogP contribution is -2.12. The Morgan fingerprint density at radius 2 is 1.45 bits per heavy atom. The Bertz CT molecular complexity index is 625. The predicted molar refractivity (Wildman–Crippen MR) is 79.0 cm³/mol. The summed E-state index contributed by atoms with van der Waals surface area (Å²) in [6, 6.07) is 11.0. The average Bonchev–Trinajstić information content (AvgIpc) is 2.46. The van der Waals surface area contributed by atoms with E-state index in [1.54, 1.807) is 12.1 Å². The van der Waals surface area contributed by atoms with Gasteiger partial charge in [0.2, 0.25) is 0 Å². The summed E-state index contributed by atoms with van der Waals surface area (Å²) in [5, 5.41) is 0. The minimum atomic E-state index is -5.83. The molecule has 1 nitrogen and oxygen atoms in total. The van der Waals surface area contributed by atoms with Gasteiger partial charge in [-0.2, -0.15) is 13.2 Å². The molecule has 2 aromatic rings. The summed E-state index contributed by atoms with van der Waals surface area (Å²) >= 11 is 3.28. The van der Waals surface area contributed by atoms with Crippen molar-refractivity contribution in [3.8, 4) is 5.75 Å². The quantitative estimate of drug-likeness (QED) is 0.533. The lowest BCUT2D eigenvalue weighted by Gasteiger charge is -2.23. The third kappa shape index (κ3) is 3.92. The molecule has 0 amide bonds. The summed E-state index contributed by atoms with van der Waals surface area (Å²) in [6.45, 7) is 0.190. The van der Waals surface area contributed by atoms with Crippen LogP contribution in [0.25, 0.3) is 0 Å². The topological polar surface area (TPSA) is 9.23 Å². The molecular weight excluding hydrogens is 391 g/mol. The number of hydrogen-bond donors (Lipinski definition) is 0. The smallest absolute Gasteiger partial charge is 0.482 e. The lowest BCUT2D eigenvalue weighted by molar-refractivity contribution is -0.0463. The first-order valence-corrected chi connectivity index (χ1v) is 8.19. The van der Waals surface area contributed by atoms with Crippen molar-refractivity contribution in [2.75, 3.05) is 0 Å². The van der Waals surface area contributed by atoms with E-state index in [0.29, 0.717) is 0 Å². The first kappa shape index (κ1) is 17.1. The molecule has 0 spiro atoms. The van der Waals surface area contributed by atoms with E-state index < -0.39 is 21.2 Å². The molecule has 0 radical (unpaired) electrons. The van der Waals surface area contributed by atoms with E-state index in [-0.39, 0.29) is 12.4 Å². The molecule has 0 aliphatic carbocycles. The van der Waals surface area contributed by atoms with Crippen molar-refractivity contribution in [1.29, 1.82) is 0 Å². The molecule has 22 heavy (non-hydrogen) atoms. The van der Waals surface area contributed by atoms with Crippen molar-refractivity contribution in [2.45, 2.75) is 17.0 Å². The maximum atomic E-state index is 13.2. The maximum absolute atomic E-state index is 13.2. The van der Waals surface area contributed by atoms with Crippen LogP contribution in [0, 0.1) is 0 Å². The van der Waals surface area contributed by atoms with E-state index in [1.165, 1.54) is 0 Å². The third-order valence-electron chi connectivity index (χ3n) is 2.73. The van der Waals surface area contributed by atoms with Gasteiger partial charge in [-0.25, -0.2) is 0 Å². The molecule has 2 aromatic carbocycles. The number of ether oxygens (including phenoxy) is 1. The molecule has 0 aromatic heterocycles. The van der Waals surface area contributed by atoms with Crippen molar-refractivity contribution < 1.29 is 25.7 Å². The molecule has 0 N–H and O–H groups in total. The van der Waals surface area contributed by atoms with E-state index in [1.807, 2.05) is 12.1 Å². The fourth-order valence-electron chi connectivity index (χ4n) is 1.59. The van der Waals surface area contributed by atoms with Crippen molar-refractivity contribution in [1.82, 2.24) is 0 Å². The molecular formula is C14H10BrF5OS. The van der Waals surface area contributed by atoms with Crippen LogP contribution >= 0.6 is 26.7 Å². The Kier molecular flexibility index (Phi) is 5.01. The largest absolute Gasteiger partial charge is 0.489 e. The molecule has 120 valence electrons. The van der Waals surface area contributed by atoms with Gasteiger partial charge in [0.05, 0.1) is 4.90 Å². The predicted octanol–water partition coefficient (Wildman–Crippen LogP) is 6.48. The number of rotatable bonds is 4. The highest BCUT2D eigenvalue weighted by Crippen LogP contribution is 2.70. The minimum absolute atomic E-state index is 0.190. The summed E-state index contributed by atoms with van der Waals surface area (Å²) < 4.78 is 69.5. The average molecular weight is 401 g/mol. The SMILES string of the molecule is FC(F)(F)S(F)(F)c1ccc(OCc2ccc(Br)cc2)cc1. The van der Waals surface area contributed by atoms with Gasteiger partial charge in [0.15, 0.2) is 10.8 Å². The van der Waals surface area contributed by atoms with Gasteiger partial charge in [-0.05, 0) is 42.0 Å². The second-order valence-corrected chi connectivity index (χ2v) is 7.09. The van der Waals surface area contributed by atoms with Crippen LogP contribution in [0.2, 0.25) is 0 Å². The fourth-order valence-corrected chi connectivity index (χ4v) is 2.60. The number of benzene rings is 2. The minimum Gasteiger partial charge on any atom is -0.489 e. The third-order valence-corrected chi connectivity index (χ3v) is 4.70. The monoisotopic (exact) mass is 400 g/mol. The highest BCUT2D eigenvalue weighted by Gasteiger charge is 2.54. The summed E-state index contributed by atoms with van der Waals surface area (Å²) in [5.41, 5.74) is -4.69. The molecule has 0 aliphatic rings. The van der Waals surface area contributed by atoms with Crippen LogP contribution in [0.5, 0.6) is 5.75 Å². The second kappa shape index (κ2) is 6.45. The van der Waals surface area contributed by atoms with Crippen molar-refractivity contribution in [3.05, 3.63) is 58.6 Å². The van der Waals surface area contributed by atoms with Crippen LogP contribution in [-0.2, 0) is 6.61 Å². The van der Waals surface area contributed by atoms with Gasteiger partial charge in [-0.3, -0.25) is 0 Å². The highest BCUT2D eigenvalue weighted by molar-refractivity contribution is 9.10. The van der Waals surface area contributed by atoms with Crippen LogP contribution in [-0.4, -0.2) is 5.51 Å². The number of hydrogen-bond acceptors (Lipinski definition) is 1. The molecule has 0 heterocycles. The summed E-state index contributed by atoms with van der Waals surface area (Å²) in [4.78, 5) is -1.03. The molecule has 0 aliphatic heterocycles. The van der Waals surface area contributed by atoms with Crippen molar-refractivity contribution >= 4 is 26.7 Å². The van der Waals surface area contributed by atoms with Crippen LogP contribution in [0.1, 0.15) is 5.56 Å². The van der Waals surface area contributed by atoms with Gasteiger partial charge < -0.3 is 4.74 Å². The summed E-state index contributed by atoms with van der Waals surface area (Å²) in [5.74, 6) is 0.226. The van der Waals surface area contributed by atoms with Gasteiger partial charge in [-0.15, -0.1) is 7.77 Å². The number of halogens is 6. The molecule has 8 heteroatoms. The maximum Gasteiger partial charge on any atom is 0.482 e. The van der Waals surface area contributed by atoms with E-state index in [4.69, 9.17) is 4.74 Å². The van der Waals surface area contributed by atoms with Gasteiger partial charge in [0.1, 0.15) is 12.4 Å². The summed E-state index contributed by atoms with van der Waals surface area (Å²) in [7, 11) is -5.83. The summed E-state index contributed by atoms with van der Waals surface area (Å²) in [6.07, 6.45) is 0. The molecule has 0 fully saturated rings. The Labute approximate surface area is 134 Å². The zero-order chi connectivity index (χ0) is 16.4. The van der Waals surface area contributed by atoms with Crippen LogP contribution in [0.15, 0.2) is 57.9 Å². The van der Waals surface area contributed by atoms with E-state index in [0.717, 1.165) is 34.3 Å². The molecule has 0 saturated heterocycles. The molecule has 0 bridgehead atoms. The van der Waals surface area contributed by atoms with Crippen molar-refractivity contribution in [3.63, 3.8) is 0 Å². The first-order valence-electron chi connectivity index (χ1n) is 5.96. The Morgan fingerprint density at radius 1 is 0.909 bits per heavy atom. The second-order valence-electron chi connectivity index (χ2n) is 4.30. The van der Waals surface area contributed by atoms with Gasteiger partial charge in [0, 0.05) is 4.47 Å². The van der Waals surface area contributed by atoms with Gasteiger partial charge >= 0.3 is 5.51 Å². The van der Waals surface area contributed by atoms with Gasteiger partial charge in [-0.1, -0.05) is 28.1 Å². The van der Waals surface area contributed by atoms with Crippen molar-refractivity contribution in [2.24, 2.45) is 0 Å². The van der Waals surface area contributed by atoms with Crippen LogP contribution in [0.3, 0.4) is 0 Å². The lowest BCUT2D eigenvalue weighted by atomic mass is 10.2. The standard InChI is InChI=1S/C14H10BrF5OS/c15-11-3-1-10(2-4-11)9-21-12-5-7-13(8-6-12)22(19,20)14(16,17)18/h1-8H,9H2. The fraction of sp³-hybridized carbons (Fsp3) is 0.143. The van der Waals surface area contributed by atoms with E-state index >= 15 is 0 Å². The zero-order valence-electron chi connectivity index (χ0n) is 10.9. The normalized spacial score (nSPS) is 13.0. The molecule has 2 rings (SSSR count). The zero-order valence-corrected chi connectivity index (χ0v) is 13.3. The Balaban J connectivity index is 2.05. The van der Waals surface area contributed by atoms with Gasteiger partial charge in [0.25, 0.3) is 0 Å². The molecule has 0 saturated carbocycles. The van der Waals surface area contributed by atoms with E-state index in [9.17, 15) is 20.9 Å². The molecule has 0 unspecified atom stereocenters.